The predicted octanol–water partition coefficient (Wildman–Crippen LogP) is 2.09. The second kappa shape index (κ2) is 8.03. The van der Waals surface area contributed by atoms with E-state index in [4.69, 9.17) is 5.26 Å². The van der Waals surface area contributed by atoms with Crippen LogP contribution in [0.5, 0.6) is 0 Å². The van der Waals surface area contributed by atoms with E-state index in [0.717, 1.165) is 17.7 Å². The molecule has 7 heteroatoms. The molecule has 0 aliphatic carbocycles. The van der Waals surface area contributed by atoms with Gasteiger partial charge in [0.1, 0.15) is 5.82 Å². The molecular formula is C21H20N6O. The Kier molecular flexibility index (Phi) is 5.13. The van der Waals surface area contributed by atoms with E-state index in [-0.39, 0.29) is 11.9 Å². The predicted molar refractivity (Wildman–Crippen MR) is 104 cm³/mol. The van der Waals surface area contributed by atoms with Gasteiger partial charge in [0, 0.05) is 32.0 Å². The third-order valence-corrected chi connectivity index (χ3v) is 4.90. The van der Waals surface area contributed by atoms with E-state index in [0.29, 0.717) is 31.0 Å². The van der Waals surface area contributed by atoms with Crippen molar-refractivity contribution in [3.8, 4) is 6.07 Å². The first kappa shape index (κ1) is 17.9. The number of hydrogen-bond donors (Lipinski definition) is 1. The first-order valence-electron chi connectivity index (χ1n) is 9.18. The zero-order valence-electron chi connectivity index (χ0n) is 15.3. The number of nitriles is 1. The molecule has 0 saturated carbocycles. The minimum atomic E-state index is -0.222. The Morgan fingerprint density at radius 3 is 2.82 bits per heavy atom. The van der Waals surface area contributed by atoms with Crippen molar-refractivity contribution < 1.29 is 4.79 Å². The van der Waals surface area contributed by atoms with E-state index in [9.17, 15) is 4.79 Å². The molecule has 1 N–H and O–H groups in total. The van der Waals surface area contributed by atoms with Gasteiger partial charge in [-0.1, -0.05) is 18.2 Å². The molecule has 0 unspecified atom stereocenters. The SMILES string of the molecule is N#Cc1ccc(Cn2cncc2CN[C@H]2CCN(c3ccccn3)C2=O)cc1. The summed E-state index contributed by atoms with van der Waals surface area (Å²) in [5.41, 5.74) is 2.75. The van der Waals surface area contributed by atoms with Gasteiger partial charge in [0.2, 0.25) is 5.91 Å². The Labute approximate surface area is 163 Å². The fourth-order valence-electron chi connectivity index (χ4n) is 3.36. The number of nitrogens with zero attached hydrogens (tertiary/aromatic N) is 5. The van der Waals surface area contributed by atoms with Crippen LogP contribution in [0.4, 0.5) is 5.82 Å². The largest absolute Gasteiger partial charge is 0.329 e. The maximum atomic E-state index is 12.7. The first-order chi connectivity index (χ1) is 13.7. The molecule has 1 amide bonds. The molecule has 7 nitrogen and oxygen atoms in total. The molecular weight excluding hydrogens is 352 g/mol. The number of benzene rings is 1. The van der Waals surface area contributed by atoms with Crippen LogP contribution < -0.4 is 10.2 Å². The van der Waals surface area contributed by atoms with Crippen LogP contribution in [0, 0.1) is 11.3 Å². The van der Waals surface area contributed by atoms with Crippen LogP contribution in [-0.2, 0) is 17.9 Å². The number of rotatable bonds is 6. The summed E-state index contributed by atoms with van der Waals surface area (Å²) < 4.78 is 2.05. The molecule has 3 aromatic rings. The molecule has 0 spiro atoms. The average molecular weight is 372 g/mol. The van der Waals surface area contributed by atoms with Crippen LogP contribution in [0.25, 0.3) is 0 Å². The minimum Gasteiger partial charge on any atom is -0.329 e. The zero-order valence-corrected chi connectivity index (χ0v) is 15.3. The Hall–Kier alpha value is -3.50. The lowest BCUT2D eigenvalue weighted by molar-refractivity contribution is -0.118. The number of imidazole rings is 1. The topological polar surface area (TPSA) is 86.8 Å². The van der Waals surface area contributed by atoms with Crippen molar-refractivity contribution in [2.75, 3.05) is 11.4 Å². The smallest absolute Gasteiger partial charge is 0.245 e. The van der Waals surface area contributed by atoms with E-state index >= 15 is 0 Å². The summed E-state index contributed by atoms with van der Waals surface area (Å²) >= 11 is 0. The first-order valence-corrected chi connectivity index (χ1v) is 9.18. The molecule has 0 bridgehead atoms. The summed E-state index contributed by atoms with van der Waals surface area (Å²) in [5.74, 6) is 0.750. The molecule has 0 radical (unpaired) electrons. The number of amides is 1. The van der Waals surface area contributed by atoms with Crippen LogP contribution in [-0.4, -0.2) is 33.0 Å². The third-order valence-electron chi connectivity index (χ3n) is 4.90. The molecule has 140 valence electrons. The molecule has 4 rings (SSSR count). The third kappa shape index (κ3) is 3.77. The maximum Gasteiger partial charge on any atom is 0.245 e. The average Bonchev–Trinajstić information content (AvgIpc) is 3.33. The Morgan fingerprint density at radius 1 is 1.21 bits per heavy atom. The lowest BCUT2D eigenvalue weighted by Crippen LogP contribution is -2.38. The van der Waals surface area contributed by atoms with Gasteiger partial charge < -0.3 is 9.88 Å². The summed E-state index contributed by atoms with van der Waals surface area (Å²) in [7, 11) is 0. The molecule has 2 aromatic heterocycles. The van der Waals surface area contributed by atoms with Crippen molar-refractivity contribution >= 4 is 11.7 Å². The highest BCUT2D eigenvalue weighted by molar-refractivity contribution is 5.98. The minimum absolute atomic E-state index is 0.0526. The van der Waals surface area contributed by atoms with Gasteiger partial charge >= 0.3 is 0 Å². The highest BCUT2D eigenvalue weighted by Crippen LogP contribution is 2.19. The molecule has 3 heterocycles. The summed E-state index contributed by atoms with van der Waals surface area (Å²) in [6.45, 7) is 1.89. The van der Waals surface area contributed by atoms with Crippen LogP contribution in [0.2, 0.25) is 0 Å². The lowest BCUT2D eigenvalue weighted by atomic mass is 10.1. The van der Waals surface area contributed by atoms with Gasteiger partial charge in [0.05, 0.1) is 29.7 Å². The fraction of sp³-hybridized carbons (Fsp3) is 0.238. The molecule has 1 aliphatic heterocycles. The van der Waals surface area contributed by atoms with Crippen LogP contribution in [0.1, 0.15) is 23.2 Å². The van der Waals surface area contributed by atoms with Crippen LogP contribution in [0.3, 0.4) is 0 Å². The summed E-state index contributed by atoms with van der Waals surface area (Å²) in [5, 5.41) is 12.3. The summed E-state index contributed by atoms with van der Waals surface area (Å²) in [4.78, 5) is 22.9. The number of anilines is 1. The second-order valence-electron chi connectivity index (χ2n) is 6.72. The van der Waals surface area contributed by atoms with Gasteiger partial charge in [-0.15, -0.1) is 0 Å². The van der Waals surface area contributed by atoms with E-state index in [1.165, 1.54) is 0 Å². The van der Waals surface area contributed by atoms with Gasteiger partial charge in [-0.2, -0.15) is 5.26 Å². The van der Waals surface area contributed by atoms with Crippen LogP contribution >= 0.6 is 0 Å². The van der Waals surface area contributed by atoms with Gasteiger partial charge in [-0.05, 0) is 36.2 Å². The van der Waals surface area contributed by atoms with E-state index in [1.807, 2.05) is 53.2 Å². The molecule has 1 aromatic carbocycles. The monoisotopic (exact) mass is 372 g/mol. The standard InChI is InChI=1S/C21H20N6O/c22-11-16-4-6-17(7-5-16)14-26-15-23-12-18(26)13-25-19-8-10-27(21(19)28)20-3-1-2-9-24-20/h1-7,9,12,15,19,25H,8,10,13-14H2/t19-/m0/s1. The van der Waals surface area contributed by atoms with E-state index < -0.39 is 0 Å². The number of pyridine rings is 1. The van der Waals surface area contributed by atoms with Gasteiger partial charge in [0.25, 0.3) is 0 Å². The Morgan fingerprint density at radius 2 is 2.07 bits per heavy atom. The molecule has 1 aliphatic rings. The number of nitrogens with one attached hydrogen (secondary N) is 1. The summed E-state index contributed by atoms with van der Waals surface area (Å²) in [6.07, 6.45) is 6.04. The summed E-state index contributed by atoms with van der Waals surface area (Å²) in [6, 6.07) is 15.0. The number of aromatic nitrogens is 3. The normalized spacial score (nSPS) is 16.3. The number of carbonyl (C=O) groups excluding carboxylic acids is 1. The molecule has 1 fully saturated rings. The van der Waals surface area contributed by atoms with Crippen molar-refractivity contribution in [3.63, 3.8) is 0 Å². The molecule has 1 atom stereocenters. The van der Waals surface area contributed by atoms with E-state index in [1.54, 1.807) is 17.4 Å². The van der Waals surface area contributed by atoms with Crippen molar-refractivity contribution in [3.05, 3.63) is 78.0 Å². The van der Waals surface area contributed by atoms with E-state index in [2.05, 4.69) is 21.4 Å². The Bertz CT molecular complexity index is 990. The van der Waals surface area contributed by atoms with Crippen molar-refractivity contribution in [1.29, 1.82) is 5.26 Å². The van der Waals surface area contributed by atoms with Gasteiger partial charge in [-0.25, -0.2) is 9.97 Å². The zero-order chi connectivity index (χ0) is 19.3. The second-order valence-corrected chi connectivity index (χ2v) is 6.72. The number of carbonyl (C=O) groups is 1. The van der Waals surface area contributed by atoms with Crippen molar-refractivity contribution in [2.24, 2.45) is 0 Å². The van der Waals surface area contributed by atoms with Crippen LogP contribution in [0.15, 0.2) is 61.2 Å². The van der Waals surface area contributed by atoms with Crippen molar-refractivity contribution in [1.82, 2.24) is 19.9 Å². The van der Waals surface area contributed by atoms with Crippen molar-refractivity contribution in [2.45, 2.75) is 25.6 Å². The lowest BCUT2D eigenvalue weighted by Gasteiger charge is -2.16. The maximum absolute atomic E-state index is 12.7. The number of hydrogen-bond acceptors (Lipinski definition) is 5. The highest BCUT2D eigenvalue weighted by Gasteiger charge is 2.32. The highest BCUT2D eigenvalue weighted by atomic mass is 16.2. The van der Waals surface area contributed by atoms with Gasteiger partial charge in [0.15, 0.2) is 0 Å². The van der Waals surface area contributed by atoms with Gasteiger partial charge in [-0.3, -0.25) is 9.69 Å². The fourth-order valence-corrected chi connectivity index (χ4v) is 3.36. The quantitative estimate of drug-likeness (QED) is 0.716. The molecule has 1 saturated heterocycles. The Balaban J connectivity index is 1.38. The molecule has 28 heavy (non-hydrogen) atoms.